The van der Waals surface area contributed by atoms with Crippen LogP contribution in [-0.4, -0.2) is 63.6 Å². The molecule has 2 aromatic rings. The summed E-state index contributed by atoms with van der Waals surface area (Å²) < 4.78 is 19.5. The third-order valence-corrected chi connectivity index (χ3v) is 12.1. The third kappa shape index (κ3) is 3.09. The fraction of sp³-hybridized carbons (Fsp3) is 0.636. The topological polar surface area (TPSA) is 110 Å². The highest BCUT2D eigenvalue weighted by Gasteiger charge is 2.78. The maximum atomic E-state index is 13.5. The Labute approximate surface area is 240 Å². The van der Waals surface area contributed by atoms with Crippen molar-refractivity contribution in [1.29, 1.82) is 0 Å². The number of aliphatic hydroxyl groups is 1. The van der Waals surface area contributed by atoms with Crippen LogP contribution < -0.4 is 5.32 Å². The number of rotatable bonds is 4. The summed E-state index contributed by atoms with van der Waals surface area (Å²) >= 11 is 0. The Hall–Kier alpha value is -2.52. The van der Waals surface area contributed by atoms with Gasteiger partial charge in [-0.2, -0.15) is 0 Å². The quantitative estimate of drug-likeness (QED) is 0.522. The van der Waals surface area contributed by atoms with Crippen LogP contribution in [0.15, 0.2) is 35.9 Å². The summed E-state index contributed by atoms with van der Waals surface area (Å²) in [7, 11) is 0. The van der Waals surface area contributed by atoms with Crippen LogP contribution >= 0.6 is 0 Å². The zero-order valence-corrected chi connectivity index (χ0v) is 24.3. The minimum absolute atomic E-state index is 0.138. The number of ether oxygens (including phenoxy) is 3. The number of para-hydroxylation sites is 1. The number of benzene rings is 1. The van der Waals surface area contributed by atoms with E-state index in [1.54, 1.807) is 6.08 Å². The number of carbonyl (C=O) groups excluding carboxylic acids is 2. The molecule has 41 heavy (non-hydrogen) atoms. The van der Waals surface area contributed by atoms with Gasteiger partial charge in [-0.05, 0) is 76.0 Å². The molecule has 1 aromatic carbocycles. The van der Waals surface area contributed by atoms with E-state index in [0.29, 0.717) is 24.8 Å². The predicted molar refractivity (Wildman–Crippen MR) is 151 cm³/mol. The molecule has 1 aromatic heterocycles. The molecule has 4 aliphatic carbocycles. The second-order valence-corrected chi connectivity index (χ2v) is 14.4. The molecule has 8 rings (SSSR count). The first kappa shape index (κ1) is 26.1. The largest absolute Gasteiger partial charge is 0.382 e. The Bertz CT molecular complexity index is 1520. The molecule has 1 amide bonds. The zero-order chi connectivity index (χ0) is 28.6. The SMILES string of the molecule is CC1(C)O[C@@]23CC[C@]4(C)[C@@]5(C)c6[nH]c7ccccc7c6C[C@@H]5C[C@H](OCC(=O)NC5CCC5)[C@@]4(O)C2=CC(=O)[C@@H]1O3. The first-order chi connectivity index (χ1) is 19.4. The molecule has 218 valence electrons. The van der Waals surface area contributed by atoms with Crippen molar-refractivity contribution in [3.63, 3.8) is 0 Å². The molecule has 3 heterocycles. The molecule has 6 aliphatic rings. The fourth-order valence-electron chi connectivity index (χ4n) is 9.58. The van der Waals surface area contributed by atoms with Crippen molar-refractivity contribution >= 4 is 22.6 Å². The van der Waals surface area contributed by atoms with Gasteiger partial charge in [-0.3, -0.25) is 9.59 Å². The van der Waals surface area contributed by atoms with E-state index in [9.17, 15) is 14.7 Å². The average Bonchev–Trinajstić information content (AvgIpc) is 3.49. The van der Waals surface area contributed by atoms with Gasteiger partial charge in [0.1, 0.15) is 17.8 Å². The number of hydrogen-bond donors (Lipinski definition) is 3. The molecule has 8 heteroatoms. The third-order valence-electron chi connectivity index (χ3n) is 12.1. The van der Waals surface area contributed by atoms with Crippen molar-refractivity contribution < 1.29 is 28.9 Å². The number of ketones is 1. The van der Waals surface area contributed by atoms with Gasteiger partial charge in [0.2, 0.25) is 5.91 Å². The lowest BCUT2D eigenvalue weighted by molar-refractivity contribution is -0.279. The number of amides is 1. The van der Waals surface area contributed by atoms with Gasteiger partial charge in [0.05, 0.1) is 6.10 Å². The highest BCUT2D eigenvalue weighted by molar-refractivity contribution is 5.97. The van der Waals surface area contributed by atoms with Crippen molar-refractivity contribution in [2.45, 2.75) is 113 Å². The molecule has 0 unspecified atom stereocenters. The smallest absolute Gasteiger partial charge is 0.246 e. The standard InChI is InChI=1S/C33H40N2O6/c1-29(2)28-23(36)16-24-32(40-28,41-29)13-12-30(3)31(4)18(14-21-20-10-5-6-11-22(20)35-27(21)31)15-25(33(24,30)38)39-17-26(37)34-19-8-7-9-19/h5-6,10-11,16,18-19,25,28,35,38H,7-9,12-15,17H2,1-4H3,(H,34,37)/t18-,25+,28+,30-,31-,32+,33+/m1/s1. The Morgan fingerprint density at radius 1 is 1.17 bits per heavy atom. The maximum absolute atomic E-state index is 13.5. The molecule has 2 aliphatic heterocycles. The number of hydrogen-bond acceptors (Lipinski definition) is 6. The first-order valence-corrected chi connectivity index (χ1v) is 15.3. The van der Waals surface area contributed by atoms with Crippen LogP contribution in [0.4, 0.5) is 0 Å². The van der Waals surface area contributed by atoms with Crippen molar-refractivity contribution in [1.82, 2.24) is 10.3 Å². The van der Waals surface area contributed by atoms with Crippen molar-refractivity contribution in [3.05, 3.63) is 47.2 Å². The lowest BCUT2D eigenvalue weighted by Gasteiger charge is -2.67. The molecule has 3 N–H and O–H groups in total. The molecule has 1 spiro atoms. The van der Waals surface area contributed by atoms with Crippen LogP contribution in [-0.2, 0) is 35.6 Å². The number of fused-ring (bicyclic) bond motifs is 9. The summed E-state index contributed by atoms with van der Waals surface area (Å²) in [4.78, 5) is 30.2. The summed E-state index contributed by atoms with van der Waals surface area (Å²) in [6, 6.07) is 8.59. The van der Waals surface area contributed by atoms with Gasteiger partial charge in [-0.15, -0.1) is 0 Å². The second kappa shape index (κ2) is 8.10. The molecule has 2 bridgehead atoms. The average molecular weight is 561 g/mol. The van der Waals surface area contributed by atoms with Crippen molar-refractivity contribution in [2.75, 3.05) is 6.61 Å². The molecule has 1 saturated heterocycles. The molecular formula is C33H40N2O6. The van der Waals surface area contributed by atoms with Gasteiger partial charge in [0, 0.05) is 45.5 Å². The van der Waals surface area contributed by atoms with Gasteiger partial charge < -0.3 is 29.6 Å². The Kier molecular flexibility index (Phi) is 5.16. The molecule has 4 fully saturated rings. The maximum Gasteiger partial charge on any atom is 0.246 e. The number of nitrogens with one attached hydrogen (secondary N) is 2. The molecule has 8 nitrogen and oxygen atoms in total. The Morgan fingerprint density at radius 2 is 1.95 bits per heavy atom. The van der Waals surface area contributed by atoms with E-state index >= 15 is 0 Å². The van der Waals surface area contributed by atoms with E-state index in [0.717, 1.165) is 36.9 Å². The number of carbonyl (C=O) groups is 2. The zero-order valence-electron chi connectivity index (χ0n) is 24.3. The van der Waals surface area contributed by atoms with E-state index in [1.165, 1.54) is 10.9 Å². The van der Waals surface area contributed by atoms with E-state index < -0.39 is 40.0 Å². The van der Waals surface area contributed by atoms with E-state index in [4.69, 9.17) is 14.2 Å². The number of aromatic nitrogens is 1. The molecule has 7 atom stereocenters. The van der Waals surface area contributed by atoms with Crippen LogP contribution in [0.2, 0.25) is 0 Å². The van der Waals surface area contributed by atoms with E-state index in [2.05, 4.69) is 42.3 Å². The normalized spacial score (nSPS) is 42.1. The van der Waals surface area contributed by atoms with Crippen LogP contribution in [0.5, 0.6) is 0 Å². The molecule has 3 saturated carbocycles. The van der Waals surface area contributed by atoms with E-state index in [-0.39, 0.29) is 30.3 Å². The van der Waals surface area contributed by atoms with Crippen LogP contribution in [0, 0.1) is 11.3 Å². The van der Waals surface area contributed by atoms with Crippen molar-refractivity contribution in [3.8, 4) is 0 Å². The Balaban J connectivity index is 1.26. The number of H-pyrrole nitrogens is 1. The van der Waals surface area contributed by atoms with Gasteiger partial charge >= 0.3 is 0 Å². The Morgan fingerprint density at radius 3 is 2.71 bits per heavy atom. The lowest BCUT2D eigenvalue weighted by atomic mass is 9.41. The summed E-state index contributed by atoms with van der Waals surface area (Å²) in [5, 5.41) is 17.6. The number of aromatic amines is 1. The summed E-state index contributed by atoms with van der Waals surface area (Å²) in [6.07, 6.45) is 5.82. The van der Waals surface area contributed by atoms with Gasteiger partial charge in [-0.1, -0.05) is 32.0 Å². The highest BCUT2D eigenvalue weighted by atomic mass is 16.8. The lowest BCUT2D eigenvalue weighted by Crippen LogP contribution is -2.75. The minimum Gasteiger partial charge on any atom is -0.382 e. The molecule has 0 radical (unpaired) electrons. The summed E-state index contributed by atoms with van der Waals surface area (Å²) in [5.41, 5.74) is 0.402. The molecular weight excluding hydrogens is 520 g/mol. The van der Waals surface area contributed by atoms with Crippen LogP contribution in [0.25, 0.3) is 10.9 Å². The fourth-order valence-corrected chi connectivity index (χ4v) is 9.58. The van der Waals surface area contributed by atoms with Gasteiger partial charge in [0.25, 0.3) is 0 Å². The first-order valence-electron chi connectivity index (χ1n) is 15.3. The summed E-state index contributed by atoms with van der Waals surface area (Å²) in [5.74, 6) is -1.37. The van der Waals surface area contributed by atoms with Crippen LogP contribution in [0.3, 0.4) is 0 Å². The van der Waals surface area contributed by atoms with Crippen LogP contribution in [0.1, 0.15) is 77.5 Å². The van der Waals surface area contributed by atoms with E-state index in [1.807, 2.05) is 19.9 Å². The highest BCUT2D eigenvalue weighted by Crippen LogP contribution is 2.72. The monoisotopic (exact) mass is 560 g/mol. The van der Waals surface area contributed by atoms with Crippen molar-refractivity contribution in [2.24, 2.45) is 11.3 Å². The minimum atomic E-state index is -1.60. The predicted octanol–water partition coefficient (Wildman–Crippen LogP) is 3.99. The summed E-state index contributed by atoms with van der Waals surface area (Å²) in [6.45, 7) is 8.04. The van der Waals surface area contributed by atoms with Gasteiger partial charge in [-0.25, -0.2) is 0 Å². The van der Waals surface area contributed by atoms with Gasteiger partial charge in [0.15, 0.2) is 17.7 Å². The second-order valence-electron chi connectivity index (χ2n) is 14.4.